The van der Waals surface area contributed by atoms with Gasteiger partial charge in [-0.15, -0.1) is 0 Å². The summed E-state index contributed by atoms with van der Waals surface area (Å²) in [5.74, 6) is -3.40. The second-order valence-electron chi connectivity index (χ2n) is 10.2. The molecule has 3 fully saturated rings. The molecule has 0 bridgehead atoms. The molecule has 2 N–H and O–H groups in total. The Morgan fingerprint density at radius 2 is 2.00 bits per heavy atom. The lowest BCUT2D eigenvalue weighted by atomic mass is 9.92. The Kier molecular flexibility index (Phi) is 8.53. The summed E-state index contributed by atoms with van der Waals surface area (Å²) < 4.78 is 66.5. The van der Waals surface area contributed by atoms with E-state index in [2.05, 4.69) is 5.32 Å². The molecule has 1 aromatic carbocycles. The second-order valence-corrected chi connectivity index (χ2v) is 12.1. The normalized spacial score (nSPS) is 27.4. The summed E-state index contributed by atoms with van der Waals surface area (Å²) in [6.07, 6.45) is 2.90. The van der Waals surface area contributed by atoms with Gasteiger partial charge in [0.05, 0.1) is 13.2 Å². The highest BCUT2D eigenvalue weighted by atomic mass is 32.2. The Morgan fingerprint density at radius 3 is 2.72 bits per heavy atom. The summed E-state index contributed by atoms with van der Waals surface area (Å²) >= 11 is 0. The van der Waals surface area contributed by atoms with Gasteiger partial charge < -0.3 is 19.9 Å². The van der Waals surface area contributed by atoms with Gasteiger partial charge in [-0.25, -0.2) is 17.2 Å². The zero-order chi connectivity index (χ0) is 25.9. The van der Waals surface area contributed by atoms with E-state index in [4.69, 9.17) is 9.47 Å². The molecule has 36 heavy (non-hydrogen) atoms. The molecule has 0 radical (unpaired) electrons. The molecule has 8 nitrogen and oxygen atoms in total. The van der Waals surface area contributed by atoms with Crippen molar-refractivity contribution in [1.82, 2.24) is 9.62 Å². The number of benzene rings is 1. The van der Waals surface area contributed by atoms with Crippen molar-refractivity contribution in [3.05, 3.63) is 23.8 Å². The molecule has 3 aliphatic rings. The van der Waals surface area contributed by atoms with Gasteiger partial charge in [0.2, 0.25) is 15.9 Å². The Labute approximate surface area is 211 Å². The number of sulfonamides is 1. The van der Waals surface area contributed by atoms with Crippen LogP contribution in [0.3, 0.4) is 0 Å². The summed E-state index contributed by atoms with van der Waals surface area (Å²) in [4.78, 5) is 11.6. The number of carboxylic acids is 1. The minimum absolute atomic E-state index is 0.0253. The molecule has 4 rings (SSSR count). The number of rotatable bonds is 10. The zero-order valence-corrected chi connectivity index (χ0v) is 21.4. The highest BCUT2D eigenvalue weighted by molar-refractivity contribution is 7.89. The first-order valence-corrected chi connectivity index (χ1v) is 14.2. The summed E-state index contributed by atoms with van der Waals surface area (Å²) in [7, 11) is -4.06. The number of carboxylic acid groups (broad SMARTS) is 1. The van der Waals surface area contributed by atoms with E-state index in [9.17, 15) is 27.1 Å². The smallest absolute Gasteiger partial charge is 0.322 e. The first kappa shape index (κ1) is 27.2. The first-order valence-electron chi connectivity index (χ1n) is 12.8. The van der Waals surface area contributed by atoms with Crippen molar-refractivity contribution in [1.29, 1.82) is 0 Å². The van der Waals surface area contributed by atoms with Crippen molar-refractivity contribution in [3.63, 3.8) is 0 Å². The SMILES string of the molecule is Cc1ccc(S(=O)(=O)N2CCC[C@H]2C(=O)O)c(O[C@H]2COC[C@H]2CCCNC2CCC(F)(F)CC2)c1. The average Bonchev–Trinajstić information content (AvgIpc) is 3.48. The predicted octanol–water partition coefficient (Wildman–Crippen LogP) is 3.57. The number of ether oxygens (including phenoxy) is 2. The summed E-state index contributed by atoms with van der Waals surface area (Å²) in [6.45, 7) is 3.56. The molecule has 3 atom stereocenters. The molecular formula is C25H36F2N2O6S. The highest BCUT2D eigenvalue weighted by Crippen LogP contribution is 2.35. The van der Waals surface area contributed by atoms with Crippen LogP contribution in [-0.2, 0) is 19.6 Å². The van der Waals surface area contributed by atoms with Crippen LogP contribution >= 0.6 is 0 Å². The number of halogens is 2. The third-order valence-electron chi connectivity index (χ3n) is 7.49. The fourth-order valence-electron chi connectivity index (χ4n) is 5.38. The minimum Gasteiger partial charge on any atom is -0.486 e. The van der Waals surface area contributed by atoms with Crippen molar-refractivity contribution in [3.8, 4) is 5.75 Å². The number of nitrogens with one attached hydrogen (secondary N) is 1. The van der Waals surface area contributed by atoms with Gasteiger partial charge in [0.1, 0.15) is 22.8 Å². The number of nitrogens with zero attached hydrogens (tertiary/aromatic N) is 1. The first-order chi connectivity index (χ1) is 17.1. The van der Waals surface area contributed by atoms with Crippen molar-refractivity contribution in [2.24, 2.45) is 5.92 Å². The number of hydrogen-bond acceptors (Lipinski definition) is 6. The number of alkyl halides is 2. The molecule has 202 valence electrons. The van der Waals surface area contributed by atoms with Crippen LogP contribution in [0, 0.1) is 12.8 Å². The standard InChI is InChI=1S/C25H36F2N2O6S/c1-17-6-7-23(36(32,33)29-13-3-5-20(29)24(30)31)21(14-17)35-22-16-34-15-18(22)4-2-12-28-19-8-10-25(26,27)11-9-19/h6-7,14,18-20,22,28H,2-5,8-13,15-16H2,1H3,(H,30,31)/t18-,20+,22+/m1/s1. The predicted molar refractivity (Wildman–Crippen MR) is 129 cm³/mol. The van der Waals surface area contributed by atoms with Gasteiger partial charge in [-0.2, -0.15) is 4.31 Å². The Hall–Kier alpha value is -1.82. The molecule has 11 heteroatoms. The lowest BCUT2D eigenvalue weighted by molar-refractivity contribution is -0.140. The Bertz CT molecular complexity index is 1030. The van der Waals surface area contributed by atoms with E-state index in [1.165, 1.54) is 6.07 Å². The van der Waals surface area contributed by atoms with Gasteiger partial charge in [0, 0.05) is 31.3 Å². The fourth-order valence-corrected chi connectivity index (χ4v) is 7.13. The van der Waals surface area contributed by atoms with Crippen LogP contribution in [0.1, 0.15) is 56.9 Å². The van der Waals surface area contributed by atoms with Crippen molar-refractivity contribution in [2.75, 3.05) is 26.3 Å². The maximum atomic E-state index is 13.4. The van der Waals surface area contributed by atoms with Crippen LogP contribution in [-0.4, -0.2) is 74.2 Å². The van der Waals surface area contributed by atoms with Crippen LogP contribution in [0.5, 0.6) is 5.75 Å². The summed E-state index contributed by atoms with van der Waals surface area (Å²) in [5.41, 5.74) is 0.831. The monoisotopic (exact) mass is 530 g/mol. The number of aryl methyl sites for hydroxylation is 1. The highest BCUT2D eigenvalue weighted by Gasteiger charge is 2.41. The molecule has 0 spiro atoms. The molecule has 0 amide bonds. The second kappa shape index (κ2) is 11.3. The van der Waals surface area contributed by atoms with E-state index in [0.29, 0.717) is 32.5 Å². The summed E-state index contributed by atoms with van der Waals surface area (Å²) in [5, 5.41) is 12.9. The van der Waals surface area contributed by atoms with Gasteiger partial charge in [-0.05, 0) is 69.7 Å². The minimum atomic E-state index is -4.06. The molecule has 2 heterocycles. The van der Waals surface area contributed by atoms with Crippen molar-refractivity contribution >= 4 is 16.0 Å². The number of hydrogen-bond donors (Lipinski definition) is 2. The Morgan fingerprint density at radius 1 is 1.25 bits per heavy atom. The van der Waals surface area contributed by atoms with Crippen LogP contribution in [0.4, 0.5) is 8.78 Å². The average molecular weight is 531 g/mol. The van der Waals surface area contributed by atoms with E-state index in [1.807, 2.05) is 6.92 Å². The van der Waals surface area contributed by atoms with Crippen LogP contribution in [0.25, 0.3) is 0 Å². The van der Waals surface area contributed by atoms with E-state index in [1.54, 1.807) is 12.1 Å². The maximum Gasteiger partial charge on any atom is 0.322 e. The quantitative estimate of drug-likeness (QED) is 0.446. The summed E-state index contributed by atoms with van der Waals surface area (Å²) in [6, 6.07) is 3.89. The number of aliphatic carboxylic acids is 1. The lowest BCUT2D eigenvalue weighted by Gasteiger charge is -2.29. The fraction of sp³-hybridized carbons (Fsp3) is 0.720. The molecule has 0 unspecified atom stereocenters. The van der Waals surface area contributed by atoms with Crippen LogP contribution < -0.4 is 10.1 Å². The van der Waals surface area contributed by atoms with Gasteiger partial charge >= 0.3 is 5.97 Å². The van der Waals surface area contributed by atoms with E-state index >= 15 is 0 Å². The molecule has 0 aromatic heterocycles. The molecule has 1 aromatic rings. The molecular weight excluding hydrogens is 494 g/mol. The third-order valence-corrected chi connectivity index (χ3v) is 9.44. The van der Waals surface area contributed by atoms with E-state index < -0.39 is 28.0 Å². The van der Waals surface area contributed by atoms with Crippen LogP contribution in [0.2, 0.25) is 0 Å². The van der Waals surface area contributed by atoms with Gasteiger partial charge in [-0.1, -0.05) is 6.07 Å². The van der Waals surface area contributed by atoms with Crippen molar-refractivity contribution in [2.45, 2.75) is 87.3 Å². The largest absolute Gasteiger partial charge is 0.486 e. The maximum absolute atomic E-state index is 13.4. The van der Waals surface area contributed by atoms with Gasteiger partial charge in [0.25, 0.3) is 0 Å². The lowest BCUT2D eigenvalue weighted by Crippen LogP contribution is -2.40. The topological polar surface area (TPSA) is 105 Å². The molecule has 1 saturated carbocycles. The molecule has 1 aliphatic carbocycles. The Balaban J connectivity index is 1.37. The number of carbonyl (C=O) groups is 1. The zero-order valence-electron chi connectivity index (χ0n) is 20.6. The molecule has 2 saturated heterocycles. The third kappa shape index (κ3) is 6.35. The van der Waals surface area contributed by atoms with E-state index in [-0.39, 0.29) is 54.5 Å². The van der Waals surface area contributed by atoms with Gasteiger partial charge in [-0.3, -0.25) is 4.79 Å². The van der Waals surface area contributed by atoms with Crippen molar-refractivity contribution < 1.29 is 36.6 Å². The van der Waals surface area contributed by atoms with Gasteiger partial charge in [0.15, 0.2) is 0 Å². The molecule has 2 aliphatic heterocycles. The van der Waals surface area contributed by atoms with E-state index in [0.717, 1.165) is 29.3 Å². The van der Waals surface area contributed by atoms with Crippen LogP contribution in [0.15, 0.2) is 23.1 Å².